The van der Waals surface area contributed by atoms with Gasteiger partial charge in [0.15, 0.2) is 0 Å². The van der Waals surface area contributed by atoms with E-state index in [1.54, 1.807) is 0 Å². The monoisotopic (exact) mass is 200 g/mol. The maximum atomic E-state index is 4.10. The highest BCUT2D eigenvalue weighted by atomic mass is 14.2. The van der Waals surface area contributed by atoms with Crippen LogP contribution in [0.2, 0.25) is 0 Å². The van der Waals surface area contributed by atoms with E-state index in [1.165, 1.54) is 35.1 Å². The zero-order chi connectivity index (χ0) is 11.3. The lowest BCUT2D eigenvalue weighted by Crippen LogP contribution is -2.00. The molecule has 0 saturated carbocycles. The van der Waals surface area contributed by atoms with Gasteiger partial charge in [0, 0.05) is 0 Å². The molecule has 0 atom stereocenters. The Balaban J connectivity index is 0.000000531. The zero-order valence-corrected chi connectivity index (χ0v) is 9.84. The SMILES string of the molecule is C=Cc1ccc2c(c1)C(=C)CCC2.CC. The molecule has 0 fully saturated rings. The summed E-state index contributed by atoms with van der Waals surface area (Å²) < 4.78 is 0. The third-order valence-electron chi connectivity index (χ3n) is 2.68. The van der Waals surface area contributed by atoms with Crippen molar-refractivity contribution < 1.29 is 0 Å². The quantitative estimate of drug-likeness (QED) is 0.616. The van der Waals surface area contributed by atoms with Crippen LogP contribution in [0.5, 0.6) is 0 Å². The summed E-state index contributed by atoms with van der Waals surface area (Å²) in [5.41, 5.74) is 5.28. The van der Waals surface area contributed by atoms with E-state index in [4.69, 9.17) is 0 Å². The summed E-state index contributed by atoms with van der Waals surface area (Å²) in [4.78, 5) is 0. The lowest BCUT2D eigenvalue weighted by molar-refractivity contribution is 0.823. The number of hydrogen-bond donors (Lipinski definition) is 0. The fourth-order valence-corrected chi connectivity index (χ4v) is 1.90. The smallest absolute Gasteiger partial charge is 0.0192 e. The summed E-state index contributed by atoms with van der Waals surface area (Å²) in [7, 11) is 0. The minimum Gasteiger partial charge on any atom is -0.0985 e. The van der Waals surface area contributed by atoms with Crippen molar-refractivity contribution in [2.24, 2.45) is 0 Å². The van der Waals surface area contributed by atoms with Gasteiger partial charge in [0.05, 0.1) is 0 Å². The fraction of sp³-hybridized carbons (Fsp3) is 0.333. The normalized spacial score (nSPS) is 13.6. The van der Waals surface area contributed by atoms with E-state index < -0.39 is 0 Å². The molecular formula is C15H20. The molecule has 0 N–H and O–H groups in total. The summed E-state index contributed by atoms with van der Waals surface area (Å²) in [6.07, 6.45) is 5.49. The summed E-state index contributed by atoms with van der Waals surface area (Å²) in [5.74, 6) is 0. The summed E-state index contributed by atoms with van der Waals surface area (Å²) in [5, 5.41) is 0. The van der Waals surface area contributed by atoms with Gasteiger partial charge in [0.2, 0.25) is 0 Å². The van der Waals surface area contributed by atoms with Crippen molar-refractivity contribution in [3.63, 3.8) is 0 Å². The number of fused-ring (bicyclic) bond motifs is 1. The van der Waals surface area contributed by atoms with Crippen molar-refractivity contribution in [1.82, 2.24) is 0 Å². The van der Waals surface area contributed by atoms with E-state index in [0.717, 1.165) is 6.42 Å². The van der Waals surface area contributed by atoms with Gasteiger partial charge >= 0.3 is 0 Å². The fourth-order valence-electron chi connectivity index (χ4n) is 1.90. The van der Waals surface area contributed by atoms with Crippen LogP contribution in [0.25, 0.3) is 11.6 Å². The second-order valence-corrected chi connectivity index (χ2v) is 3.58. The molecule has 1 aromatic rings. The number of allylic oxidation sites excluding steroid dienone is 1. The van der Waals surface area contributed by atoms with Gasteiger partial charge in [-0.1, -0.05) is 45.2 Å². The Kier molecular flexibility index (Phi) is 4.36. The van der Waals surface area contributed by atoms with Crippen molar-refractivity contribution in [2.75, 3.05) is 0 Å². The molecule has 0 saturated heterocycles. The van der Waals surface area contributed by atoms with Crippen LogP contribution in [0.3, 0.4) is 0 Å². The van der Waals surface area contributed by atoms with E-state index in [9.17, 15) is 0 Å². The molecule has 1 aromatic carbocycles. The molecule has 2 rings (SSSR count). The first kappa shape index (κ1) is 11.8. The molecule has 80 valence electrons. The molecule has 0 unspecified atom stereocenters. The first-order valence-corrected chi connectivity index (χ1v) is 5.75. The molecule has 0 aliphatic heterocycles. The largest absolute Gasteiger partial charge is 0.0985 e. The molecular weight excluding hydrogens is 180 g/mol. The molecule has 0 spiro atoms. The Morgan fingerprint density at radius 2 is 1.93 bits per heavy atom. The predicted molar refractivity (Wildman–Crippen MR) is 69.9 cm³/mol. The van der Waals surface area contributed by atoms with E-state index in [2.05, 4.69) is 31.4 Å². The van der Waals surface area contributed by atoms with Crippen LogP contribution >= 0.6 is 0 Å². The van der Waals surface area contributed by atoms with Crippen LogP contribution < -0.4 is 0 Å². The topological polar surface area (TPSA) is 0 Å². The number of rotatable bonds is 1. The lowest BCUT2D eigenvalue weighted by Gasteiger charge is -2.18. The summed E-state index contributed by atoms with van der Waals surface area (Å²) in [6.45, 7) is 11.9. The van der Waals surface area contributed by atoms with Crippen LogP contribution in [0.15, 0.2) is 31.4 Å². The van der Waals surface area contributed by atoms with Gasteiger partial charge in [0.25, 0.3) is 0 Å². The van der Waals surface area contributed by atoms with E-state index in [1.807, 2.05) is 19.9 Å². The molecule has 0 heteroatoms. The van der Waals surface area contributed by atoms with Crippen LogP contribution in [0.1, 0.15) is 43.4 Å². The molecule has 0 aromatic heterocycles. The Hall–Kier alpha value is -1.30. The first-order chi connectivity index (χ1) is 7.31. The van der Waals surface area contributed by atoms with Crippen molar-refractivity contribution in [3.8, 4) is 0 Å². The van der Waals surface area contributed by atoms with E-state index >= 15 is 0 Å². The number of benzene rings is 1. The molecule has 1 aliphatic carbocycles. The number of aryl methyl sites for hydroxylation is 1. The predicted octanol–water partition coefficient (Wildman–Crippen LogP) is 4.71. The van der Waals surface area contributed by atoms with Gasteiger partial charge in [-0.3, -0.25) is 0 Å². The van der Waals surface area contributed by atoms with Gasteiger partial charge in [-0.05, 0) is 47.6 Å². The average molecular weight is 200 g/mol. The van der Waals surface area contributed by atoms with Crippen molar-refractivity contribution in [1.29, 1.82) is 0 Å². The highest BCUT2D eigenvalue weighted by Crippen LogP contribution is 2.30. The Morgan fingerprint density at radius 3 is 2.60 bits per heavy atom. The van der Waals surface area contributed by atoms with Gasteiger partial charge in [-0.15, -0.1) is 0 Å². The van der Waals surface area contributed by atoms with Gasteiger partial charge < -0.3 is 0 Å². The van der Waals surface area contributed by atoms with Gasteiger partial charge in [-0.2, -0.15) is 0 Å². The van der Waals surface area contributed by atoms with Crippen molar-refractivity contribution in [2.45, 2.75) is 33.1 Å². The number of hydrogen-bond acceptors (Lipinski definition) is 0. The molecule has 0 nitrogen and oxygen atoms in total. The standard InChI is InChI=1S/C13H14.C2H6/c1-3-11-7-8-12-6-4-5-10(2)13(12)9-11;1-2/h3,7-9H,1-2,4-6H2;1-2H3. The third kappa shape index (κ3) is 2.59. The molecule has 0 radical (unpaired) electrons. The van der Waals surface area contributed by atoms with Crippen LogP contribution in [0.4, 0.5) is 0 Å². The minimum absolute atomic E-state index is 1.15. The van der Waals surface area contributed by atoms with Gasteiger partial charge in [-0.25, -0.2) is 0 Å². The molecule has 1 aliphatic rings. The van der Waals surface area contributed by atoms with Crippen LogP contribution in [0, 0.1) is 0 Å². The van der Waals surface area contributed by atoms with Crippen LogP contribution in [-0.2, 0) is 6.42 Å². The zero-order valence-electron chi connectivity index (χ0n) is 9.84. The molecule has 0 bridgehead atoms. The molecule has 15 heavy (non-hydrogen) atoms. The highest BCUT2D eigenvalue weighted by molar-refractivity contribution is 5.70. The average Bonchev–Trinajstić information content (AvgIpc) is 2.32. The molecule has 0 amide bonds. The Bertz CT molecular complexity index is 358. The Morgan fingerprint density at radius 1 is 1.20 bits per heavy atom. The maximum Gasteiger partial charge on any atom is -0.0192 e. The summed E-state index contributed by atoms with van der Waals surface area (Å²) in [6, 6.07) is 6.53. The highest BCUT2D eigenvalue weighted by Gasteiger charge is 2.11. The lowest BCUT2D eigenvalue weighted by atomic mass is 9.87. The second-order valence-electron chi connectivity index (χ2n) is 3.58. The van der Waals surface area contributed by atoms with E-state index in [-0.39, 0.29) is 0 Å². The minimum atomic E-state index is 1.15. The first-order valence-electron chi connectivity index (χ1n) is 5.75. The molecule has 0 heterocycles. The van der Waals surface area contributed by atoms with Crippen molar-refractivity contribution in [3.05, 3.63) is 48.0 Å². The maximum absolute atomic E-state index is 4.10. The third-order valence-corrected chi connectivity index (χ3v) is 2.68. The second kappa shape index (κ2) is 5.55. The van der Waals surface area contributed by atoms with E-state index in [0.29, 0.717) is 0 Å². The van der Waals surface area contributed by atoms with Gasteiger partial charge in [0.1, 0.15) is 0 Å². The Labute approximate surface area is 93.3 Å². The van der Waals surface area contributed by atoms with Crippen LogP contribution in [-0.4, -0.2) is 0 Å². The summed E-state index contributed by atoms with van der Waals surface area (Å²) >= 11 is 0. The van der Waals surface area contributed by atoms with Crippen molar-refractivity contribution >= 4 is 11.6 Å².